The van der Waals surface area contributed by atoms with Gasteiger partial charge in [0.2, 0.25) is 0 Å². The molecule has 108 valence electrons. The molecule has 0 aromatic carbocycles. The molecule has 2 nitrogen and oxygen atoms in total. The predicted molar refractivity (Wildman–Crippen MR) is 76.5 cm³/mol. The van der Waals surface area contributed by atoms with E-state index in [4.69, 9.17) is 0 Å². The lowest BCUT2D eigenvalue weighted by atomic mass is 9.43. The van der Waals surface area contributed by atoms with Gasteiger partial charge < -0.3 is 10.2 Å². The lowest BCUT2D eigenvalue weighted by Crippen LogP contribution is -2.71. The van der Waals surface area contributed by atoms with E-state index in [1.807, 2.05) is 0 Å². The molecule has 1 saturated carbocycles. The van der Waals surface area contributed by atoms with E-state index >= 15 is 0 Å². The molecule has 0 aliphatic heterocycles. The van der Waals surface area contributed by atoms with Crippen LogP contribution in [0.1, 0.15) is 79.1 Å². The summed E-state index contributed by atoms with van der Waals surface area (Å²) in [5.41, 5.74) is -0.445. The number of rotatable bonds is 8. The Morgan fingerprint density at radius 1 is 0.722 bits per heavy atom. The maximum absolute atomic E-state index is 10.7. The average molecular weight is 256 g/mol. The topological polar surface area (TPSA) is 40.5 Å². The van der Waals surface area contributed by atoms with Crippen LogP contribution in [0, 0.1) is 10.8 Å². The SMILES string of the molecule is CCCCC1(CC)C(O)C(CC)(CCCC)C1O. The third-order valence-corrected chi connectivity index (χ3v) is 5.49. The zero-order chi connectivity index (χ0) is 13.8. The summed E-state index contributed by atoms with van der Waals surface area (Å²) in [6.45, 7) is 8.57. The van der Waals surface area contributed by atoms with Crippen LogP contribution < -0.4 is 0 Å². The monoisotopic (exact) mass is 256 g/mol. The smallest absolute Gasteiger partial charge is 0.0702 e. The van der Waals surface area contributed by atoms with Crippen molar-refractivity contribution in [3.8, 4) is 0 Å². The summed E-state index contributed by atoms with van der Waals surface area (Å²) >= 11 is 0. The lowest BCUT2D eigenvalue weighted by Gasteiger charge is -2.65. The van der Waals surface area contributed by atoms with Crippen molar-refractivity contribution in [2.24, 2.45) is 10.8 Å². The molecule has 0 amide bonds. The minimum absolute atomic E-state index is 0.222. The van der Waals surface area contributed by atoms with Gasteiger partial charge in [0, 0.05) is 10.8 Å². The molecule has 2 heteroatoms. The van der Waals surface area contributed by atoms with Crippen LogP contribution in [0.2, 0.25) is 0 Å². The van der Waals surface area contributed by atoms with Gasteiger partial charge in [0.1, 0.15) is 0 Å². The van der Waals surface area contributed by atoms with E-state index in [1.54, 1.807) is 0 Å². The molecule has 1 rings (SSSR count). The van der Waals surface area contributed by atoms with Crippen LogP contribution in [0.3, 0.4) is 0 Å². The van der Waals surface area contributed by atoms with Crippen LogP contribution in [0.5, 0.6) is 0 Å². The van der Waals surface area contributed by atoms with Crippen LogP contribution in [0.15, 0.2) is 0 Å². The van der Waals surface area contributed by atoms with Crippen LogP contribution in [0.25, 0.3) is 0 Å². The van der Waals surface area contributed by atoms with E-state index in [9.17, 15) is 10.2 Å². The molecular formula is C16H32O2. The Kier molecular flexibility index (Phi) is 5.67. The highest BCUT2D eigenvalue weighted by Crippen LogP contribution is 2.62. The van der Waals surface area contributed by atoms with Gasteiger partial charge in [0.15, 0.2) is 0 Å². The normalized spacial score (nSPS) is 39.7. The van der Waals surface area contributed by atoms with Gasteiger partial charge in [-0.15, -0.1) is 0 Å². The Morgan fingerprint density at radius 2 is 1.06 bits per heavy atom. The lowest BCUT2D eigenvalue weighted by molar-refractivity contribution is -0.286. The second-order valence-corrected chi connectivity index (χ2v) is 6.19. The molecule has 0 radical (unpaired) electrons. The fourth-order valence-electron chi connectivity index (χ4n) is 4.03. The highest BCUT2D eigenvalue weighted by molar-refractivity contribution is 5.16. The second-order valence-electron chi connectivity index (χ2n) is 6.19. The molecule has 1 aliphatic carbocycles. The first-order valence-corrected chi connectivity index (χ1v) is 7.91. The summed E-state index contributed by atoms with van der Waals surface area (Å²) in [4.78, 5) is 0. The molecule has 0 saturated heterocycles. The van der Waals surface area contributed by atoms with Crippen molar-refractivity contribution in [2.45, 2.75) is 91.3 Å². The van der Waals surface area contributed by atoms with Gasteiger partial charge in [-0.05, 0) is 25.7 Å². The average Bonchev–Trinajstić information content (AvgIpc) is 2.41. The summed E-state index contributed by atoms with van der Waals surface area (Å²) in [7, 11) is 0. The number of aliphatic hydroxyl groups is 2. The summed E-state index contributed by atoms with van der Waals surface area (Å²) in [6.07, 6.45) is 7.58. The van der Waals surface area contributed by atoms with Crippen LogP contribution in [0.4, 0.5) is 0 Å². The largest absolute Gasteiger partial charge is 0.392 e. The molecule has 0 bridgehead atoms. The first-order chi connectivity index (χ1) is 8.55. The third-order valence-electron chi connectivity index (χ3n) is 5.49. The van der Waals surface area contributed by atoms with Crippen LogP contribution in [-0.4, -0.2) is 22.4 Å². The van der Waals surface area contributed by atoms with E-state index < -0.39 is 0 Å². The highest BCUT2D eigenvalue weighted by atomic mass is 16.3. The Morgan fingerprint density at radius 3 is 1.28 bits per heavy atom. The third kappa shape index (κ3) is 2.22. The van der Waals surface area contributed by atoms with E-state index in [2.05, 4.69) is 27.7 Å². The van der Waals surface area contributed by atoms with Crippen molar-refractivity contribution in [3.63, 3.8) is 0 Å². The van der Waals surface area contributed by atoms with Crippen molar-refractivity contribution < 1.29 is 10.2 Å². The minimum atomic E-state index is -0.312. The van der Waals surface area contributed by atoms with Crippen molar-refractivity contribution in [3.05, 3.63) is 0 Å². The van der Waals surface area contributed by atoms with Gasteiger partial charge in [0.05, 0.1) is 12.2 Å². The predicted octanol–water partition coefficient (Wildman–Crippen LogP) is 3.90. The molecule has 0 spiro atoms. The maximum atomic E-state index is 10.7. The summed E-state index contributed by atoms with van der Waals surface area (Å²) in [5, 5.41) is 21.5. The van der Waals surface area contributed by atoms with Crippen LogP contribution >= 0.6 is 0 Å². The zero-order valence-electron chi connectivity index (χ0n) is 12.7. The minimum Gasteiger partial charge on any atom is -0.392 e. The molecule has 1 fully saturated rings. The zero-order valence-corrected chi connectivity index (χ0v) is 12.7. The molecule has 0 atom stereocenters. The Bertz CT molecular complexity index is 215. The fraction of sp³-hybridized carbons (Fsp3) is 1.00. The molecule has 1 aliphatic rings. The molecule has 0 aromatic heterocycles. The second kappa shape index (κ2) is 6.38. The Hall–Kier alpha value is -0.0800. The number of hydrogen-bond donors (Lipinski definition) is 2. The van der Waals surface area contributed by atoms with E-state index in [0.29, 0.717) is 0 Å². The number of hydrogen-bond acceptors (Lipinski definition) is 2. The van der Waals surface area contributed by atoms with E-state index in [-0.39, 0.29) is 23.0 Å². The first kappa shape index (κ1) is 16.0. The Labute approximate surface area is 113 Å². The molecule has 2 N–H and O–H groups in total. The van der Waals surface area contributed by atoms with Gasteiger partial charge in [0.25, 0.3) is 0 Å². The quantitative estimate of drug-likeness (QED) is 0.691. The van der Waals surface area contributed by atoms with Crippen molar-refractivity contribution in [1.29, 1.82) is 0 Å². The van der Waals surface area contributed by atoms with Crippen molar-refractivity contribution >= 4 is 0 Å². The first-order valence-electron chi connectivity index (χ1n) is 7.91. The van der Waals surface area contributed by atoms with E-state index in [1.165, 1.54) is 0 Å². The molecule has 0 unspecified atom stereocenters. The summed E-state index contributed by atoms with van der Waals surface area (Å²) < 4.78 is 0. The van der Waals surface area contributed by atoms with Gasteiger partial charge >= 0.3 is 0 Å². The summed E-state index contributed by atoms with van der Waals surface area (Å²) in [6, 6.07) is 0. The van der Waals surface area contributed by atoms with Gasteiger partial charge in [-0.3, -0.25) is 0 Å². The van der Waals surface area contributed by atoms with Crippen molar-refractivity contribution in [2.75, 3.05) is 0 Å². The van der Waals surface area contributed by atoms with Crippen LogP contribution in [-0.2, 0) is 0 Å². The fourth-order valence-corrected chi connectivity index (χ4v) is 4.03. The maximum Gasteiger partial charge on any atom is 0.0702 e. The number of aliphatic hydroxyl groups excluding tert-OH is 2. The Balaban J connectivity index is 2.82. The van der Waals surface area contributed by atoms with E-state index in [0.717, 1.165) is 51.4 Å². The van der Waals surface area contributed by atoms with Crippen molar-refractivity contribution in [1.82, 2.24) is 0 Å². The highest BCUT2D eigenvalue weighted by Gasteiger charge is 2.67. The molecule has 18 heavy (non-hydrogen) atoms. The molecular weight excluding hydrogens is 224 g/mol. The molecule has 0 aromatic rings. The van der Waals surface area contributed by atoms with Gasteiger partial charge in [-0.25, -0.2) is 0 Å². The summed E-state index contributed by atoms with van der Waals surface area (Å²) in [5.74, 6) is 0. The number of unbranched alkanes of at least 4 members (excludes halogenated alkanes) is 2. The standard InChI is InChI=1S/C16H32O2/c1-5-9-11-15(7-3)13(17)16(8-4,14(15)18)12-10-6-2/h13-14,17-18H,5-12H2,1-4H3. The van der Waals surface area contributed by atoms with Gasteiger partial charge in [-0.2, -0.15) is 0 Å². The molecule has 0 heterocycles. The van der Waals surface area contributed by atoms with Gasteiger partial charge in [-0.1, -0.05) is 53.4 Å².